The summed E-state index contributed by atoms with van der Waals surface area (Å²) in [6.07, 6.45) is 0. The molecule has 116 valence electrons. The smallest absolute Gasteiger partial charge is 0.342 e. The number of aromatic hydroxyl groups is 1. The van der Waals surface area contributed by atoms with Gasteiger partial charge in [0.05, 0.1) is 10.2 Å². The molecule has 0 fully saturated rings. The van der Waals surface area contributed by atoms with E-state index < -0.39 is 5.97 Å². The normalized spacial score (nSPS) is 10.3. The Bertz CT molecular complexity index is 730. The van der Waals surface area contributed by atoms with Crippen molar-refractivity contribution in [3.05, 3.63) is 38.8 Å². The highest BCUT2D eigenvalue weighted by Crippen LogP contribution is 2.30. The summed E-state index contributed by atoms with van der Waals surface area (Å²) in [6, 6.07) is 3.25. The monoisotopic (exact) mass is 384 g/mol. The fraction of sp³-hybridized carbons (Fsp3) is 0.214. The Balaban J connectivity index is 2.04. The Morgan fingerprint density at radius 2 is 2.18 bits per heavy atom. The molecule has 0 bridgehead atoms. The van der Waals surface area contributed by atoms with Crippen LogP contribution in [0.2, 0.25) is 0 Å². The van der Waals surface area contributed by atoms with Crippen molar-refractivity contribution < 1.29 is 19.4 Å². The minimum atomic E-state index is -0.643. The number of phenols is 1. The standard InChI is InChI=1S/C14H13BrN2O4S/c1-7-3-10(12(19)11(15)4-7)13(20)21-5-9-6-22-14(17-9)16-8(2)18/h3-4,6,19H,5H2,1-2H3,(H,16,17,18). The molecule has 1 amide bonds. The fourth-order valence-electron chi connectivity index (χ4n) is 1.69. The molecule has 6 nitrogen and oxygen atoms in total. The molecule has 0 aliphatic rings. The highest BCUT2D eigenvalue weighted by Gasteiger charge is 2.16. The van der Waals surface area contributed by atoms with Crippen LogP contribution >= 0.6 is 27.3 Å². The largest absolute Gasteiger partial charge is 0.506 e. The number of aromatic nitrogens is 1. The number of hydrogen-bond acceptors (Lipinski definition) is 6. The molecule has 0 saturated carbocycles. The van der Waals surface area contributed by atoms with Crippen LogP contribution in [-0.2, 0) is 16.1 Å². The Labute approximate surface area is 139 Å². The number of carbonyl (C=O) groups excluding carboxylic acids is 2. The van der Waals surface area contributed by atoms with Crippen LogP contribution in [0.15, 0.2) is 22.0 Å². The quantitative estimate of drug-likeness (QED) is 0.789. The first-order valence-corrected chi connectivity index (χ1v) is 7.92. The number of carbonyl (C=O) groups is 2. The number of hydrogen-bond donors (Lipinski definition) is 2. The topological polar surface area (TPSA) is 88.5 Å². The average Bonchev–Trinajstić information content (AvgIpc) is 2.86. The van der Waals surface area contributed by atoms with Crippen molar-refractivity contribution in [3.8, 4) is 5.75 Å². The van der Waals surface area contributed by atoms with E-state index in [9.17, 15) is 14.7 Å². The number of halogens is 1. The summed E-state index contributed by atoms with van der Waals surface area (Å²) in [5, 5.41) is 14.6. The Hall–Kier alpha value is -1.93. The second-order valence-corrected chi connectivity index (χ2v) is 6.26. The lowest BCUT2D eigenvalue weighted by Crippen LogP contribution is -2.07. The maximum absolute atomic E-state index is 12.0. The lowest BCUT2D eigenvalue weighted by atomic mass is 10.1. The van der Waals surface area contributed by atoms with Gasteiger partial charge < -0.3 is 15.2 Å². The predicted octanol–water partition coefficient (Wildman–Crippen LogP) is 3.24. The Morgan fingerprint density at radius 3 is 2.86 bits per heavy atom. The number of amides is 1. The van der Waals surface area contributed by atoms with Gasteiger partial charge in [-0.25, -0.2) is 9.78 Å². The molecule has 0 unspecified atom stereocenters. The number of esters is 1. The van der Waals surface area contributed by atoms with Crippen LogP contribution in [-0.4, -0.2) is 22.0 Å². The van der Waals surface area contributed by atoms with Gasteiger partial charge in [0, 0.05) is 12.3 Å². The van der Waals surface area contributed by atoms with Crippen molar-refractivity contribution in [3.63, 3.8) is 0 Å². The van der Waals surface area contributed by atoms with Gasteiger partial charge in [-0.05, 0) is 40.5 Å². The molecular formula is C14H13BrN2O4S. The van der Waals surface area contributed by atoms with Crippen LogP contribution < -0.4 is 5.32 Å². The van der Waals surface area contributed by atoms with Gasteiger partial charge in [0.15, 0.2) is 5.13 Å². The summed E-state index contributed by atoms with van der Waals surface area (Å²) in [6.45, 7) is 3.15. The highest BCUT2D eigenvalue weighted by molar-refractivity contribution is 9.10. The molecule has 2 aromatic rings. The number of phenolic OH excluding ortho intramolecular Hbond substituents is 1. The Morgan fingerprint density at radius 1 is 1.45 bits per heavy atom. The minimum Gasteiger partial charge on any atom is -0.506 e. The zero-order valence-corrected chi connectivity index (χ0v) is 14.2. The van der Waals surface area contributed by atoms with Crippen molar-refractivity contribution in [2.75, 3.05) is 5.32 Å². The van der Waals surface area contributed by atoms with E-state index >= 15 is 0 Å². The third-order valence-corrected chi connectivity index (χ3v) is 4.02. The van der Waals surface area contributed by atoms with Crippen molar-refractivity contribution in [1.82, 2.24) is 4.98 Å². The number of nitrogens with zero attached hydrogens (tertiary/aromatic N) is 1. The zero-order chi connectivity index (χ0) is 16.3. The summed E-state index contributed by atoms with van der Waals surface area (Å²) < 4.78 is 5.57. The van der Waals surface area contributed by atoms with E-state index in [2.05, 4.69) is 26.2 Å². The number of benzene rings is 1. The van der Waals surface area contributed by atoms with Gasteiger partial charge in [-0.1, -0.05) is 0 Å². The molecule has 0 aliphatic heterocycles. The summed E-state index contributed by atoms with van der Waals surface area (Å²) in [5.74, 6) is -1.02. The molecule has 8 heteroatoms. The number of aryl methyl sites for hydroxylation is 1. The van der Waals surface area contributed by atoms with E-state index in [4.69, 9.17) is 4.74 Å². The van der Waals surface area contributed by atoms with Crippen LogP contribution in [0.3, 0.4) is 0 Å². The average molecular weight is 385 g/mol. The van der Waals surface area contributed by atoms with Crippen LogP contribution in [0.4, 0.5) is 5.13 Å². The first kappa shape index (κ1) is 16.4. The van der Waals surface area contributed by atoms with Gasteiger partial charge in [0.25, 0.3) is 0 Å². The lowest BCUT2D eigenvalue weighted by Gasteiger charge is -2.07. The molecule has 1 heterocycles. The van der Waals surface area contributed by atoms with Crippen molar-refractivity contribution in [1.29, 1.82) is 0 Å². The highest BCUT2D eigenvalue weighted by atomic mass is 79.9. The summed E-state index contributed by atoms with van der Waals surface area (Å²) in [7, 11) is 0. The second kappa shape index (κ2) is 6.89. The van der Waals surface area contributed by atoms with Crippen LogP contribution in [0.25, 0.3) is 0 Å². The first-order valence-electron chi connectivity index (χ1n) is 6.25. The van der Waals surface area contributed by atoms with Gasteiger partial charge in [-0.15, -0.1) is 11.3 Å². The van der Waals surface area contributed by atoms with E-state index in [0.29, 0.717) is 15.3 Å². The SMILES string of the molecule is CC(=O)Nc1nc(COC(=O)c2cc(C)cc(Br)c2O)cs1. The lowest BCUT2D eigenvalue weighted by molar-refractivity contribution is -0.114. The molecule has 0 radical (unpaired) electrons. The van der Waals surface area contributed by atoms with Crippen molar-refractivity contribution in [2.45, 2.75) is 20.5 Å². The molecule has 0 saturated heterocycles. The number of rotatable bonds is 4. The zero-order valence-electron chi connectivity index (χ0n) is 11.8. The van der Waals surface area contributed by atoms with Gasteiger partial charge >= 0.3 is 5.97 Å². The maximum Gasteiger partial charge on any atom is 0.342 e. The van der Waals surface area contributed by atoms with Crippen LogP contribution in [0.5, 0.6) is 5.75 Å². The van der Waals surface area contributed by atoms with Crippen LogP contribution in [0, 0.1) is 6.92 Å². The molecule has 2 rings (SSSR count). The van der Waals surface area contributed by atoms with Crippen molar-refractivity contribution in [2.24, 2.45) is 0 Å². The van der Waals surface area contributed by atoms with Gasteiger partial charge in [0.2, 0.25) is 5.91 Å². The maximum atomic E-state index is 12.0. The molecule has 1 aromatic heterocycles. The third kappa shape index (κ3) is 4.05. The molecule has 1 aromatic carbocycles. The van der Waals surface area contributed by atoms with E-state index in [0.717, 1.165) is 5.56 Å². The number of nitrogens with one attached hydrogen (secondary N) is 1. The molecule has 0 spiro atoms. The summed E-state index contributed by atoms with van der Waals surface area (Å²) in [5.41, 5.74) is 1.43. The molecular weight excluding hydrogens is 372 g/mol. The molecule has 22 heavy (non-hydrogen) atoms. The van der Waals surface area contributed by atoms with Crippen LogP contribution in [0.1, 0.15) is 28.5 Å². The summed E-state index contributed by atoms with van der Waals surface area (Å²) in [4.78, 5) is 27.1. The molecule has 0 aliphatic carbocycles. The number of thiazole rings is 1. The number of anilines is 1. The molecule has 2 N–H and O–H groups in total. The minimum absolute atomic E-state index is 0.0417. The molecule has 0 atom stereocenters. The van der Waals surface area contributed by atoms with E-state index in [1.165, 1.54) is 18.3 Å². The predicted molar refractivity (Wildman–Crippen MR) is 86.1 cm³/mol. The van der Waals surface area contributed by atoms with Gasteiger partial charge in [0.1, 0.15) is 17.9 Å². The third-order valence-electron chi connectivity index (χ3n) is 2.61. The van der Waals surface area contributed by atoms with E-state index in [1.807, 2.05) is 0 Å². The van der Waals surface area contributed by atoms with Crippen molar-refractivity contribution >= 4 is 44.3 Å². The van der Waals surface area contributed by atoms with E-state index in [1.54, 1.807) is 24.4 Å². The van der Waals surface area contributed by atoms with Gasteiger partial charge in [-0.2, -0.15) is 0 Å². The fourth-order valence-corrected chi connectivity index (χ4v) is 3.00. The van der Waals surface area contributed by atoms with Gasteiger partial charge in [-0.3, -0.25) is 4.79 Å². The first-order chi connectivity index (χ1) is 10.4. The van der Waals surface area contributed by atoms with E-state index in [-0.39, 0.29) is 23.8 Å². The second-order valence-electron chi connectivity index (χ2n) is 4.54. The summed E-state index contributed by atoms with van der Waals surface area (Å²) >= 11 is 4.42. The number of ether oxygens (including phenoxy) is 1. The Kier molecular flexibility index (Phi) is 5.15.